The van der Waals surface area contributed by atoms with E-state index in [9.17, 15) is 19.5 Å². The van der Waals surface area contributed by atoms with Gasteiger partial charge >= 0.3 is 5.69 Å². The first-order valence-corrected chi connectivity index (χ1v) is 7.90. The van der Waals surface area contributed by atoms with Gasteiger partial charge in [0.15, 0.2) is 5.56 Å². The summed E-state index contributed by atoms with van der Waals surface area (Å²) in [5, 5.41) is 13.2. The molecule has 0 bridgehead atoms. The van der Waals surface area contributed by atoms with Crippen LogP contribution in [-0.2, 0) is 13.1 Å². The molecule has 1 aromatic heterocycles. The lowest BCUT2D eigenvalue weighted by Gasteiger charge is -2.14. The molecule has 1 aromatic carbocycles. The van der Waals surface area contributed by atoms with Gasteiger partial charge in [0.25, 0.3) is 11.5 Å². The van der Waals surface area contributed by atoms with Crippen molar-refractivity contribution in [2.45, 2.75) is 26.9 Å². The molecular formula is C15H15Cl2N3O4. The zero-order chi connectivity index (χ0) is 18.0. The van der Waals surface area contributed by atoms with Gasteiger partial charge in [0.1, 0.15) is 0 Å². The fraction of sp³-hybridized carbons (Fsp3) is 0.267. The highest BCUT2D eigenvalue weighted by molar-refractivity contribution is 6.36. The van der Waals surface area contributed by atoms with Crippen LogP contribution in [0.5, 0.6) is 5.88 Å². The zero-order valence-electron chi connectivity index (χ0n) is 13.0. The first-order valence-electron chi connectivity index (χ1n) is 7.14. The number of carbonyl (C=O) groups is 1. The molecule has 1 heterocycles. The minimum absolute atomic E-state index is 0.0694. The summed E-state index contributed by atoms with van der Waals surface area (Å²) in [5.74, 6) is -1.55. The van der Waals surface area contributed by atoms with Gasteiger partial charge in [-0.25, -0.2) is 4.79 Å². The molecule has 0 fully saturated rings. The zero-order valence-corrected chi connectivity index (χ0v) is 14.5. The molecule has 0 atom stereocenters. The van der Waals surface area contributed by atoms with Crippen molar-refractivity contribution in [2.75, 3.05) is 5.32 Å². The molecule has 2 aromatic rings. The summed E-state index contributed by atoms with van der Waals surface area (Å²) in [6, 6.07) is 4.41. The second-order valence-corrected chi connectivity index (χ2v) is 5.70. The average Bonchev–Trinajstić information content (AvgIpc) is 2.51. The average molecular weight is 372 g/mol. The van der Waals surface area contributed by atoms with E-state index in [4.69, 9.17) is 23.2 Å². The standard InChI is InChI=1S/C15H15Cl2N3O4/c1-3-19-13(22)11(14(23)20(4-2)15(19)24)12(21)18-10-6-5-8(16)7-9(10)17/h5-7,22H,3-4H2,1-2H3,(H,18,21). The van der Waals surface area contributed by atoms with Crippen molar-refractivity contribution in [3.05, 3.63) is 54.6 Å². The number of hydrogen-bond acceptors (Lipinski definition) is 4. The second kappa shape index (κ2) is 7.11. The molecule has 0 aliphatic heterocycles. The van der Waals surface area contributed by atoms with E-state index in [1.165, 1.54) is 18.2 Å². The molecule has 0 unspecified atom stereocenters. The Kier molecular flexibility index (Phi) is 5.36. The van der Waals surface area contributed by atoms with E-state index in [0.717, 1.165) is 9.13 Å². The van der Waals surface area contributed by atoms with Gasteiger partial charge in [0.05, 0.1) is 10.7 Å². The number of nitrogens with one attached hydrogen (secondary N) is 1. The van der Waals surface area contributed by atoms with Gasteiger partial charge in [0.2, 0.25) is 5.88 Å². The van der Waals surface area contributed by atoms with Gasteiger partial charge < -0.3 is 10.4 Å². The van der Waals surface area contributed by atoms with Crippen molar-refractivity contribution in [1.82, 2.24) is 9.13 Å². The minimum Gasteiger partial charge on any atom is -0.494 e. The van der Waals surface area contributed by atoms with Crippen LogP contribution < -0.4 is 16.6 Å². The van der Waals surface area contributed by atoms with E-state index in [1.807, 2.05) is 0 Å². The molecule has 0 spiro atoms. The normalized spacial score (nSPS) is 10.7. The number of benzene rings is 1. The maximum absolute atomic E-state index is 12.4. The summed E-state index contributed by atoms with van der Waals surface area (Å²) in [7, 11) is 0. The molecule has 0 radical (unpaired) electrons. The predicted octanol–water partition coefficient (Wildman–Crippen LogP) is 2.31. The van der Waals surface area contributed by atoms with E-state index in [0.29, 0.717) is 5.02 Å². The quantitative estimate of drug-likeness (QED) is 0.862. The molecular weight excluding hydrogens is 357 g/mol. The highest BCUT2D eigenvalue weighted by Gasteiger charge is 2.23. The third kappa shape index (κ3) is 3.18. The number of halogens is 2. The molecule has 0 aliphatic carbocycles. The molecule has 128 valence electrons. The maximum Gasteiger partial charge on any atom is 0.333 e. The molecule has 2 N–H and O–H groups in total. The van der Waals surface area contributed by atoms with Crippen molar-refractivity contribution in [2.24, 2.45) is 0 Å². The summed E-state index contributed by atoms with van der Waals surface area (Å²) < 4.78 is 1.82. The number of carbonyl (C=O) groups excluding carboxylic acids is 1. The van der Waals surface area contributed by atoms with Gasteiger partial charge in [-0.05, 0) is 32.0 Å². The first-order chi connectivity index (χ1) is 11.3. The number of aromatic hydroxyl groups is 1. The Hall–Kier alpha value is -2.25. The van der Waals surface area contributed by atoms with Crippen molar-refractivity contribution >= 4 is 34.8 Å². The highest BCUT2D eigenvalue weighted by atomic mass is 35.5. The Bertz CT molecular complexity index is 918. The Balaban J connectivity index is 2.57. The molecule has 0 aliphatic rings. The number of nitrogens with zero attached hydrogens (tertiary/aromatic N) is 2. The summed E-state index contributed by atoms with van der Waals surface area (Å²) in [6.45, 7) is 3.38. The van der Waals surface area contributed by atoms with E-state index < -0.39 is 28.6 Å². The lowest BCUT2D eigenvalue weighted by Crippen LogP contribution is -2.42. The number of aromatic nitrogens is 2. The van der Waals surface area contributed by atoms with Crippen LogP contribution >= 0.6 is 23.2 Å². The first kappa shape index (κ1) is 18.1. The Morgan fingerprint density at radius 3 is 2.33 bits per heavy atom. The predicted molar refractivity (Wildman–Crippen MR) is 92.4 cm³/mol. The van der Waals surface area contributed by atoms with Crippen LogP contribution in [0.3, 0.4) is 0 Å². The van der Waals surface area contributed by atoms with Crippen LogP contribution in [0.2, 0.25) is 10.0 Å². The lowest BCUT2D eigenvalue weighted by molar-refractivity contribution is 0.102. The SMILES string of the molecule is CCn1c(O)c(C(=O)Nc2ccc(Cl)cc2Cl)c(=O)n(CC)c1=O. The number of anilines is 1. The summed E-state index contributed by atoms with van der Waals surface area (Å²) in [6.07, 6.45) is 0. The summed E-state index contributed by atoms with van der Waals surface area (Å²) in [4.78, 5) is 36.9. The molecule has 7 nitrogen and oxygen atoms in total. The largest absolute Gasteiger partial charge is 0.494 e. The maximum atomic E-state index is 12.4. The monoisotopic (exact) mass is 371 g/mol. The van der Waals surface area contributed by atoms with Gasteiger partial charge in [0, 0.05) is 18.1 Å². The van der Waals surface area contributed by atoms with Crippen LogP contribution in [0.1, 0.15) is 24.2 Å². The van der Waals surface area contributed by atoms with Gasteiger partial charge in [-0.1, -0.05) is 23.2 Å². The molecule has 1 amide bonds. The van der Waals surface area contributed by atoms with Crippen molar-refractivity contribution in [1.29, 1.82) is 0 Å². The molecule has 9 heteroatoms. The Morgan fingerprint density at radius 1 is 1.17 bits per heavy atom. The highest BCUT2D eigenvalue weighted by Crippen LogP contribution is 2.26. The number of rotatable bonds is 4. The van der Waals surface area contributed by atoms with Gasteiger partial charge in [-0.3, -0.25) is 18.7 Å². The Morgan fingerprint density at radius 2 is 1.79 bits per heavy atom. The smallest absolute Gasteiger partial charge is 0.333 e. The number of amides is 1. The third-order valence-corrected chi connectivity index (χ3v) is 3.99. The fourth-order valence-corrected chi connectivity index (χ4v) is 2.68. The van der Waals surface area contributed by atoms with Crippen molar-refractivity contribution in [3.63, 3.8) is 0 Å². The lowest BCUT2D eigenvalue weighted by atomic mass is 10.2. The van der Waals surface area contributed by atoms with Crippen molar-refractivity contribution < 1.29 is 9.90 Å². The van der Waals surface area contributed by atoms with Gasteiger partial charge in [-0.15, -0.1) is 0 Å². The number of hydrogen-bond donors (Lipinski definition) is 2. The minimum atomic E-state index is -0.869. The summed E-state index contributed by atoms with van der Waals surface area (Å²) >= 11 is 11.8. The Labute approximate surface area is 147 Å². The van der Waals surface area contributed by atoms with E-state index in [-0.39, 0.29) is 23.8 Å². The fourth-order valence-electron chi connectivity index (χ4n) is 2.23. The second-order valence-electron chi connectivity index (χ2n) is 4.85. The van der Waals surface area contributed by atoms with Crippen LogP contribution in [0, 0.1) is 0 Å². The molecule has 24 heavy (non-hydrogen) atoms. The van der Waals surface area contributed by atoms with Crippen LogP contribution in [0.25, 0.3) is 0 Å². The van der Waals surface area contributed by atoms with Crippen molar-refractivity contribution in [3.8, 4) is 5.88 Å². The van der Waals surface area contributed by atoms with E-state index >= 15 is 0 Å². The van der Waals surface area contributed by atoms with Crippen LogP contribution in [-0.4, -0.2) is 20.1 Å². The molecule has 0 saturated carbocycles. The molecule has 2 rings (SSSR count). The molecule has 0 saturated heterocycles. The van der Waals surface area contributed by atoms with E-state index in [1.54, 1.807) is 13.8 Å². The van der Waals surface area contributed by atoms with E-state index in [2.05, 4.69) is 5.32 Å². The topological polar surface area (TPSA) is 93.3 Å². The van der Waals surface area contributed by atoms with Crippen LogP contribution in [0.15, 0.2) is 27.8 Å². The third-order valence-electron chi connectivity index (χ3n) is 3.44. The summed E-state index contributed by atoms with van der Waals surface area (Å²) in [5.41, 5.74) is -1.85. The van der Waals surface area contributed by atoms with Crippen LogP contribution in [0.4, 0.5) is 5.69 Å². The van der Waals surface area contributed by atoms with Gasteiger partial charge in [-0.2, -0.15) is 0 Å².